The summed E-state index contributed by atoms with van der Waals surface area (Å²) in [5.74, 6) is 0.549. The smallest absolute Gasteiger partial charge is 0.267 e. The summed E-state index contributed by atoms with van der Waals surface area (Å²) in [5, 5.41) is 4.57. The first-order valence-corrected chi connectivity index (χ1v) is 8.14. The highest BCUT2D eigenvalue weighted by molar-refractivity contribution is 5.22. The molecule has 0 bridgehead atoms. The average Bonchev–Trinajstić information content (AvgIpc) is 2.93. The highest BCUT2D eigenvalue weighted by Crippen LogP contribution is 2.21. The summed E-state index contributed by atoms with van der Waals surface area (Å²) in [7, 11) is 0. The third-order valence-corrected chi connectivity index (χ3v) is 4.74. The van der Waals surface area contributed by atoms with Crippen molar-refractivity contribution in [2.45, 2.75) is 32.4 Å². The minimum atomic E-state index is 0.0714. The second kappa shape index (κ2) is 5.69. The van der Waals surface area contributed by atoms with Gasteiger partial charge in [-0.25, -0.2) is 4.68 Å². The van der Waals surface area contributed by atoms with Crippen molar-refractivity contribution in [3.05, 3.63) is 63.6 Å². The van der Waals surface area contributed by atoms with Gasteiger partial charge in [-0.05, 0) is 30.4 Å². The van der Waals surface area contributed by atoms with Crippen LogP contribution < -0.4 is 5.56 Å². The van der Waals surface area contributed by atoms with Gasteiger partial charge in [0, 0.05) is 31.6 Å². The molecule has 2 heterocycles. The second-order valence-corrected chi connectivity index (χ2v) is 6.54. The minimum Gasteiger partial charge on any atom is -0.298 e. The molecule has 1 aliphatic heterocycles. The van der Waals surface area contributed by atoms with Crippen LogP contribution in [0.5, 0.6) is 0 Å². The van der Waals surface area contributed by atoms with Gasteiger partial charge >= 0.3 is 0 Å². The lowest BCUT2D eigenvalue weighted by Gasteiger charge is -2.39. The quantitative estimate of drug-likeness (QED) is 0.864. The Morgan fingerprint density at radius 1 is 1.14 bits per heavy atom. The SMILES string of the molecule is O=c1cc2c(nn1CC1CN(Cc3ccccc3)C1)CCC2. The number of aromatic nitrogens is 2. The zero-order valence-corrected chi connectivity index (χ0v) is 12.7. The van der Waals surface area contributed by atoms with Crippen molar-refractivity contribution in [2.24, 2.45) is 5.92 Å². The van der Waals surface area contributed by atoms with E-state index in [0.29, 0.717) is 5.92 Å². The van der Waals surface area contributed by atoms with E-state index in [4.69, 9.17) is 0 Å². The molecule has 114 valence electrons. The fraction of sp³-hybridized carbons (Fsp3) is 0.444. The predicted molar refractivity (Wildman–Crippen MR) is 85.7 cm³/mol. The van der Waals surface area contributed by atoms with Gasteiger partial charge < -0.3 is 0 Å². The predicted octanol–water partition coefficient (Wildman–Crippen LogP) is 1.86. The Kier molecular flexibility index (Phi) is 3.54. The van der Waals surface area contributed by atoms with Crippen LogP contribution in [0.2, 0.25) is 0 Å². The van der Waals surface area contributed by atoms with Crippen molar-refractivity contribution >= 4 is 0 Å². The van der Waals surface area contributed by atoms with E-state index < -0.39 is 0 Å². The topological polar surface area (TPSA) is 38.1 Å². The van der Waals surface area contributed by atoms with Crippen molar-refractivity contribution in [1.29, 1.82) is 0 Å². The molecule has 4 heteroatoms. The third kappa shape index (κ3) is 2.71. The highest BCUT2D eigenvalue weighted by Gasteiger charge is 2.27. The van der Waals surface area contributed by atoms with Crippen molar-refractivity contribution < 1.29 is 0 Å². The van der Waals surface area contributed by atoms with Gasteiger partial charge in [-0.3, -0.25) is 9.69 Å². The van der Waals surface area contributed by atoms with E-state index in [0.717, 1.165) is 51.1 Å². The maximum Gasteiger partial charge on any atom is 0.267 e. The molecular weight excluding hydrogens is 274 g/mol. The van der Waals surface area contributed by atoms with E-state index in [2.05, 4.69) is 34.3 Å². The summed E-state index contributed by atoms with van der Waals surface area (Å²) in [5.41, 5.74) is 3.73. The first-order chi connectivity index (χ1) is 10.8. The third-order valence-electron chi connectivity index (χ3n) is 4.74. The molecule has 2 aromatic rings. The molecule has 0 amide bonds. The second-order valence-electron chi connectivity index (χ2n) is 6.54. The van der Waals surface area contributed by atoms with Gasteiger partial charge in [0.15, 0.2) is 0 Å². The number of aryl methyl sites for hydroxylation is 2. The molecule has 0 radical (unpaired) electrons. The average molecular weight is 295 g/mol. The molecule has 1 fully saturated rings. The van der Waals surface area contributed by atoms with Gasteiger partial charge in [0.2, 0.25) is 0 Å². The first-order valence-electron chi connectivity index (χ1n) is 8.14. The molecule has 0 saturated carbocycles. The van der Waals surface area contributed by atoms with Crippen molar-refractivity contribution in [3.8, 4) is 0 Å². The molecule has 2 aliphatic rings. The summed E-state index contributed by atoms with van der Waals surface area (Å²) < 4.78 is 1.69. The van der Waals surface area contributed by atoms with Crippen molar-refractivity contribution in [2.75, 3.05) is 13.1 Å². The van der Waals surface area contributed by atoms with Crippen LogP contribution in [0.1, 0.15) is 23.2 Å². The van der Waals surface area contributed by atoms with Gasteiger partial charge in [0.05, 0.1) is 12.2 Å². The van der Waals surface area contributed by atoms with E-state index in [1.165, 1.54) is 11.1 Å². The number of benzene rings is 1. The summed E-state index contributed by atoms with van der Waals surface area (Å²) >= 11 is 0. The number of rotatable bonds is 4. The van der Waals surface area contributed by atoms with Crippen LogP contribution in [0.15, 0.2) is 41.2 Å². The number of likely N-dealkylation sites (tertiary alicyclic amines) is 1. The molecular formula is C18H21N3O. The van der Waals surface area contributed by atoms with Crippen LogP contribution >= 0.6 is 0 Å². The minimum absolute atomic E-state index is 0.0714. The Morgan fingerprint density at radius 2 is 1.95 bits per heavy atom. The number of hydrogen-bond acceptors (Lipinski definition) is 3. The Morgan fingerprint density at radius 3 is 2.77 bits per heavy atom. The number of hydrogen-bond donors (Lipinski definition) is 0. The number of nitrogens with zero attached hydrogens (tertiary/aromatic N) is 3. The molecule has 22 heavy (non-hydrogen) atoms. The van der Waals surface area contributed by atoms with Crippen molar-refractivity contribution in [1.82, 2.24) is 14.7 Å². The lowest BCUT2D eigenvalue weighted by atomic mass is 9.99. The Hall–Kier alpha value is -1.94. The maximum absolute atomic E-state index is 12.1. The zero-order chi connectivity index (χ0) is 14.9. The summed E-state index contributed by atoms with van der Waals surface area (Å²) in [6.07, 6.45) is 3.19. The Balaban J connectivity index is 1.36. The molecule has 1 saturated heterocycles. The lowest BCUT2D eigenvalue weighted by molar-refractivity contribution is 0.0765. The van der Waals surface area contributed by atoms with Gasteiger partial charge in [0.25, 0.3) is 5.56 Å². The highest BCUT2D eigenvalue weighted by atomic mass is 16.1. The van der Waals surface area contributed by atoms with E-state index in [-0.39, 0.29) is 5.56 Å². The van der Waals surface area contributed by atoms with Crippen LogP contribution in [-0.4, -0.2) is 27.8 Å². The van der Waals surface area contributed by atoms with Crippen LogP contribution in [0.3, 0.4) is 0 Å². The molecule has 0 unspecified atom stereocenters. The lowest BCUT2D eigenvalue weighted by Crippen LogP contribution is -2.48. The fourth-order valence-corrected chi connectivity index (χ4v) is 3.58. The van der Waals surface area contributed by atoms with Gasteiger partial charge in [0.1, 0.15) is 0 Å². The van der Waals surface area contributed by atoms with Gasteiger partial charge in [-0.1, -0.05) is 30.3 Å². The molecule has 0 spiro atoms. The number of fused-ring (bicyclic) bond motifs is 1. The molecule has 0 atom stereocenters. The molecule has 1 aromatic carbocycles. The zero-order valence-electron chi connectivity index (χ0n) is 12.7. The van der Waals surface area contributed by atoms with Crippen LogP contribution in [-0.2, 0) is 25.9 Å². The summed E-state index contributed by atoms with van der Waals surface area (Å²) in [6.45, 7) is 3.88. The normalized spacial score (nSPS) is 18.2. The largest absolute Gasteiger partial charge is 0.298 e. The van der Waals surface area contributed by atoms with E-state index in [9.17, 15) is 4.79 Å². The summed E-state index contributed by atoms with van der Waals surface area (Å²) in [6, 6.07) is 12.4. The van der Waals surface area contributed by atoms with E-state index in [1.54, 1.807) is 10.7 Å². The first kappa shape index (κ1) is 13.7. The van der Waals surface area contributed by atoms with Crippen molar-refractivity contribution in [3.63, 3.8) is 0 Å². The van der Waals surface area contributed by atoms with Crippen LogP contribution in [0.4, 0.5) is 0 Å². The molecule has 1 aromatic heterocycles. The van der Waals surface area contributed by atoms with Gasteiger partial charge in [-0.15, -0.1) is 0 Å². The molecule has 1 aliphatic carbocycles. The van der Waals surface area contributed by atoms with Gasteiger partial charge in [-0.2, -0.15) is 5.10 Å². The standard InChI is InChI=1S/C18H21N3O/c22-18-9-16-7-4-8-17(16)19-21(18)13-15-11-20(12-15)10-14-5-2-1-3-6-14/h1-3,5-6,9,15H,4,7-8,10-13H2. The molecule has 0 N–H and O–H groups in total. The molecule has 4 rings (SSSR count). The summed E-state index contributed by atoms with van der Waals surface area (Å²) in [4.78, 5) is 14.5. The van der Waals surface area contributed by atoms with E-state index >= 15 is 0 Å². The molecule has 4 nitrogen and oxygen atoms in total. The Bertz CT molecular complexity index is 717. The van der Waals surface area contributed by atoms with E-state index in [1.807, 2.05) is 6.07 Å². The van der Waals surface area contributed by atoms with Crippen LogP contribution in [0, 0.1) is 5.92 Å². The fourth-order valence-electron chi connectivity index (χ4n) is 3.58. The monoisotopic (exact) mass is 295 g/mol. The Labute approximate surface area is 130 Å². The van der Waals surface area contributed by atoms with Crippen LogP contribution in [0.25, 0.3) is 0 Å². The maximum atomic E-state index is 12.1.